The first-order valence-corrected chi connectivity index (χ1v) is 8.42. The van der Waals surface area contributed by atoms with Crippen molar-refractivity contribution >= 4 is 22.4 Å². The summed E-state index contributed by atoms with van der Waals surface area (Å²) in [4.78, 5) is 0.248. The van der Waals surface area contributed by atoms with Gasteiger partial charge in [0.05, 0.1) is 19.1 Å². The molecule has 124 valence electrons. The van der Waals surface area contributed by atoms with E-state index >= 15 is 0 Å². The van der Waals surface area contributed by atoms with E-state index in [4.69, 9.17) is 9.47 Å². The topological polar surface area (TPSA) is 76.7 Å². The molecular weight excluding hydrogens is 328 g/mol. The molecule has 2 fully saturated rings. The summed E-state index contributed by atoms with van der Waals surface area (Å²) < 4.78 is 38.3. The van der Waals surface area contributed by atoms with Crippen LogP contribution in [-0.4, -0.2) is 41.8 Å². The second-order valence-corrected chi connectivity index (χ2v) is 7.29. The van der Waals surface area contributed by atoms with Gasteiger partial charge in [0, 0.05) is 12.1 Å². The van der Waals surface area contributed by atoms with Crippen molar-refractivity contribution < 1.29 is 17.9 Å². The molecule has 1 saturated carbocycles. The number of ether oxygens (including phenoxy) is 2. The van der Waals surface area contributed by atoms with Crippen molar-refractivity contribution in [3.8, 4) is 11.5 Å². The predicted octanol–water partition coefficient (Wildman–Crippen LogP) is 0.930. The number of nitrogens with one attached hydrogen (secondary N) is 2. The molecule has 2 aliphatic rings. The summed E-state index contributed by atoms with van der Waals surface area (Å²) in [5, 5.41) is 3.25. The van der Waals surface area contributed by atoms with Crippen molar-refractivity contribution in [3.63, 3.8) is 0 Å². The summed E-state index contributed by atoms with van der Waals surface area (Å²) in [5.74, 6) is 1.81. The molecule has 1 heterocycles. The lowest BCUT2D eigenvalue weighted by Gasteiger charge is -2.14. The summed E-state index contributed by atoms with van der Waals surface area (Å²) in [6.45, 7) is 3.54. The number of rotatable bonds is 5. The number of benzene rings is 1. The first-order chi connectivity index (χ1) is 9.97. The zero-order valence-corrected chi connectivity index (χ0v) is 14.4. The third-order valence-corrected chi connectivity index (χ3v) is 5.95. The maximum Gasteiger partial charge on any atom is 0.241 e. The second-order valence-electron chi connectivity index (χ2n) is 5.61. The third-order valence-electron chi connectivity index (χ3n) is 4.35. The molecule has 22 heavy (non-hydrogen) atoms. The Morgan fingerprint density at radius 1 is 1.14 bits per heavy atom. The largest absolute Gasteiger partial charge is 0.493 e. The summed E-state index contributed by atoms with van der Waals surface area (Å²) in [6.07, 6.45) is 0. The van der Waals surface area contributed by atoms with E-state index in [-0.39, 0.29) is 23.3 Å². The Hall–Kier alpha value is -1.02. The van der Waals surface area contributed by atoms with Gasteiger partial charge in [-0.1, -0.05) is 0 Å². The molecule has 1 aromatic rings. The minimum atomic E-state index is -3.54. The van der Waals surface area contributed by atoms with Crippen LogP contribution in [0.4, 0.5) is 0 Å². The first-order valence-electron chi connectivity index (χ1n) is 6.93. The Labute approximate surface area is 137 Å². The van der Waals surface area contributed by atoms with E-state index in [1.54, 1.807) is 13.0 Å². The average Bonchev–Trinajstić information content (AvgIpc) is 2.89. The molecule has 0 aromatic heterocycles. The Bertz CT molecular complexity index is 655. The van der Waals surface area contributed by atoms with Gasteiger partial charge in [-0.15, -0.1) is 12.4 Å². The number of hydrogen-bond donors (Lipinski definition) is 2. The lowest BCUT2D eigenvalue weighted by atomic mass is 10.2. The molecule has 2 N–H and O–H groups in total. The predicted molar refractivity (Wildman–Crippen MR) is 85.5 cm³/mol. The Kier molecular flexibility index (Phi) is 4.91. The van der Waals surface area contributed by atoms with Crippen LogP contribution in [-0.2, 0) is 10.0 Å². The molecular formula is C14H21ClN2O4S. The Morgan fingerprint density at radius 2 is 1.68 bits per heavy atom. The van der Waals surface area contributed by atoms with E-state index in [1.807, 2.05) is 0 Å². The highest BCUT2D eigenvalue weighted by atomic mass is 35.5. The normalized spacial score (nSPS) is 26.0. The van der Waals surface area contributed by atoms with Gasteiger partial charge in [-0.2, -0.15) is 0 Å². The van der Waals surface area contributed by atoms with E-state index in [0.717, 1.165) is 13.1 Å². The van der Waals surface area contributed by atoms with Gasteiger partial charge in [-0.05, 0) is 43.5 Å². The quantitative estimate of drug-likeness (QED) is 0.828. The van der Waals surface area contributed by atoms with Gasteiger partial charge < -0.3 is 14.8 Å². The first kappa shape index (κ1) is 17.3. The van der Waals surface area contributed by atoms with Crippen LogP contribution in [0.3, 0.4) is 0 Å². The van der Waals surface area contributed by atoms with Crippen molar-refractivity contribution in [3.05, 3.63) is 17.7 Å². The highest BCUT2D eigenvalue weighted by Gasteiger charge is 2.54. The average molecular weight is 349 g/mol. The van der Waals surface area contributed by atoms with Crippen LogP contribution in [0.2, 0.25) is 0 Å². The number of aryl methyl sites for hydroxylation is 1. The molecule has 0 amide bonds. The monoisotopic (exact) mass is 348 g/mol. The number of hydrogen-bond acceptors (Lipinski definition) is 5. The maximum atomic E-state index is 12.6. The molecule has 1 aliphatic heterocycles. The molecule has 8 heteroatoms. The van der Waals surface area contributed by atoms with Gasteiger partial charge in [0.1, 0.15) is 0 Å². The number of sulfonamides is 1. The Morgan fingerprint density at radius 3 is 2.23 bits per heavy atom. The van der Waals surface area contributed by atoms with Crippen molar-refractivity contribution in [2.24, 2.45) is 11.8 Å². The molecule has 6 nitrogen and oxygen atoms in total. The van der Waals surface area contributed by atoms with Crippen molar-refractivity contribution in [2.75, 3.05) is 27.3 Å². The van der Waals surface area contributed by atoms with Crippen molar-refractivity contribution in [1.82, 2.24) is 10.0 Å². The van der Waals surface area contributed by atoms with Gasteiger partial charge in [-0.3, -0.25) is 0 Å². The zero-order valence-electron chi connectivity index (χ0n) is 12.8. The van der Waals surface area contributed by atoms with Crippen LogP contribution in [0, 0.1) is 18.8 Å². The molecule has 1 aromatic carbocycles. The molecule has 2 atom stereocenters. The lowest BCUT2D eigenvalue weighted by molar-refractivity contribution is 0.353. The second kappa shape index (κ2) is 6.23. The van der Waals surface area contributed by atoms with Crippen LogP contribution < -0.4 is 19.5 Å². The highest BCUT2D eigenvalue weighted by Crippen LogP contribution is 2.43. The summed E-state index contributed by atoms with van der Waals surface area (Å²) in [6, 6.07) is 3.26. The fourth-order valence-corrected chi connectivity index (χ4v) is 4.67. The van der Waals surface area contributed by atoms with E-state index in [2.05, 4.69) is 10.0 Å². The van der Waals surface area contributed by atoms with Gasteiger partial charge >= 0.3 is 0 Å². The summed E-state index contributed by atoms with van der Waals surface area (Å²) in [5.41, 5.74) is 0.643. The number of halogens is 1. The van der Waals surface area contributed by atoms with Crippen LogP contribution in [0.15, 0.2) is 17.0 Å². The molecule has 0 spiro atoms. The van der Waals surface area contributed by atoms with Crippen LogP contribution in [0.25, 0.3) is 0 Å². The number of methoxy groups -OCH3 is 2. The lowest BCUT2D eigenvalue weighted by Crippen LogP contribution is -2.32. The van der Waals surface area contributed by atoms with E-state index < -0.39 is 10.0 Å². The maximum absolute atomic E-state index is 12.6. The summed E-state index contributed by atoms with van der Waals surface area (Å²) >= 11 is 0. The highest BCUT2D eigenvalue weighted by molar-refractivity contribution is 7.89. The van der Waals surface area contributed by atoms with Crippen LogP contribution in [0.1, 0.15) is 5.56 Å². The van der Waals surface area contributed by atoms with Gasteiger partial charge in [0.2, 0.25) is 10.0 Å². The van der Waals surface area contributed by atoms with Gasteiger partial charge in [-0.25, -0.2) is 13.1 Å². The minimum Gasteiger partial charge on any atom is -0.493 e. The molecule has 2 unspecified atom stereocenters. The minimum absolute atomic E-state index is 0. The smallest absolute Gasteiger partial charge is 0.241 e. The Balaban J connectivity index is 0.00000176. The number of fused-ring (bicyclic) bond motifs is 1. The van der Waals surface area contributed by atoms with Gasteiger partial charge in [0.15, 0.2) is 11.5 Å². The third kappa shape index (κ3) is 2.90. The standard InChI is InChI=1S/C14H20N2O4S.ClH/c1-8-4-11(19-2)12(20-3)5-13(8)21(17,18)16-14-9-6-15-7-10(9)14;/h4-5,9-10,14-16H,6-7H2,1-3H3;1H. The van der Waals surface area contributed by atoms with Crippen LogP contribution in [0.5, 0.6) is 11.5 Å². The molecule has 3 rings (SSSR count). The molecule has 1 aliphatic carbocycles. The van der Waals surface area contributed by atoms with E-state index in [0.29, 0.717) is 28.9 Å². The SMILES string of the molecule is COc1cc(C)c(S(=O)(=O)NC2C3CNCC32)cc1OC.Cl. The molecule has 1 saturated heterocycles. The van der Waals surface area contributed by atoms with Crippen LogP contribution >= 0.6 is 12.4 Å². The number of piperidine rings is 1. The van der Waals surface area contributed by atoms with E-state index in [9.17, 15) is 8.42 Å². The van der Waals surface area contributed by atoms with E-state index in [1.165, 1.54) is 20.3 Å². The van der Waals surface area contributed by atoms with Crippen molar-refractivity contribution in [1.29, 1.82) is 0 Å². The summed E-state index contributed by atoms with van der Waals surface area (Å²) in [7, 11) is -0.517. The fraction of sp³-hybridized carbons (Fsp3) is 0.571. The molecule has 0 bridgehead atoms. The fourth-order valence-electron chi connectivity index (χ4n) is 3.09. The zero-order chi connectivity index (χ0) is 15.2. The van der Waals surface area contributed by atoms with Crippen molar-refractivity contribution in [2.45, 2.75) is 17.9 Å². The molecule has 0 radical (unpaired) electrons. The van der Waals surface area contributed by atoms with Gasteiger partial charge in [0.25, 0.3) is 0 Å².